The monoisotopic (exact) mass is 421 g/mol. The summed E-state index contributed by atoms with van der Waals surface area (Å²) in [5, 5.41) is 4.42. The first-order valence-electron chi connectivity index (χ1n) is 9.02. The Bertz CT molecular complexity index is 1110. The standard InChI is InChI=1S/C19H20ClN3O4S/c1-12-8-9-16(26-12)18-21-19(27-22-18)14-5-4-10-23(11-14)28(24,25)17-7-3-6-15(20)13(17)2/h3,6-9,14H,4-5,10-11H2,1-2H3/t14-/m0/s1. The number of nitrogens with zero attached hydrogens (tertiary/aromatic N) is 3. The molecule has 0 saturated carbocycles. The third-order valence-corrected chi connectivity index (χ3v) is 7.39. The summed E-state index contributed by atoms with van der Waals surface area (Å²) in [5.74, 6) is 1.91. The zero-order valence-corrected chi connectivity index (χ0v) is 17.1. The van der Waals surface area contributed by atoms with Crippen LogP contribution in [0.1, 0.15) is 36.0 Å². The maximum absolute atomic E-state index is 13.2. The number of piperidine rings is 1. The van der Waals surface area contributed by atoms with Crippen LogP contribution in [0, 0.1) is 13.8 Å². The Hall–Kier alpha value is -2.16. The summed E-state index contributed by atoms with van der Waals surface area (Å²) in [6, 6.07) is 8.53. The molecule has 1 atom stereocenters. The number of hydrogen-bond donors (Lipinski definition) is 0. The molecule has 0 N–H and O–H groups in total. The van der Waals surface area contributed by atoms with Gasteiger partial charge in [-0.1, -0.05) is 22.8 Å². The van der Waals surface area contributed by atoms with Crippen LogP contribution in [0.5, 0.6) is 0 Å². The number of furan rings is 1. The van der Waals surface area contributed by atoms with Crippen molar-refractivity contribution in [2.24, 2.45) is 0 Å². The lowest BCUT2D eigenvalue weighted by atomic mass is 10.00. The van der Waals surface area contributed by atoms with Crippen molar-refractivity contribution >= 4 is 21.6 Å². The zero-order valence-electron chi connectivity index (χ0n) is 15.6. The van der Waals surface area contributed by atoms with Crippen LogP contribution in [-0.4, -0.2) is 36.0 Å². The van der Waals surface area contributed by atoms with Gasteiger partial charge in [0.15, 0.2) is 5.76 Å². The van der Waals surface area contributed by atoms with Gasteiger partial charge in [-0.2, -0.15) is 9.29 Å². The molecule has 1 fully saturated rings. The van der Waals surface area contributed by atoms with Gasteiger partial charge in [-0.05, 0) is 56.5 Å². The fourth-order valence-corrected chi connectivity index (χ4v) is 5.43. The second-order valence-corrected chi connectivity index (χ2v) is 9.25. The highest BCUT2D eigenvalue weighted by molar-refractivity contribution is 7.89. The molecule has 28 heavy (non-hydrogen) atoms. The van der Waals surface area contributed by atoms with Crippen molar-refractivity contribution in [1.29, 1.82) is 0 Å². The first kappa shape index (κ1) is 19.2. The predicted octanol–water partition coefficient (Wildman–Crippen LogP) is 4.17. The van der Waals surface area contributed by atoms with Crippen molar-refractivity contribution in [3.8, 4) is 11.6 Å². The van der Waals surface area contributed by atoms with Crippen LogP contribution in [0.15, 0.2) is 44.2 Å². The van der Waals surface area contributed by atoms with Gasteiger partial charge < -0.3 is 8.94 Å². The quantitative estimate of drug-likeness (QED) is 0.628. The van der Waals surface area contributed by atoms with E-state index in [9.17, 15) is 8.42 Å². The Labute approximate surface area is 168 Å². The van der Waals surface area contributed by atoms with Gasteiger partial charge >= 0.3 is 0 Å². The molecule has 0 radical (unpaired) electrons. The van der Waals surface area contributed by atoms with Gasteiger partial charge in [-0.25, -0.2) is 8.42 Å². The van der Waals surface area contributed by atoms with E-state index in [1.807, 2.05) is 13.0 Å². The minimum absolute atomic E-state index is 0.166. The molecule has 0 spiro atoms. The van der Waals surface area contributed by atoms with E-state index in [0.29, 0.717) is 41.0 Å². The SMILES string of the molecule is Cc1ccc(-c2noc([C@H]3CCCN(S(=O)(=O)c4cccc(Cl)c4C)C3)n2)o1. The normalized spacial score (nSPS) is 18.5. The molecule has 1 aliphatic rings. The maximum Gasteiger partial charge on any atom is 0.243 e. The highest BCUT2D eigenvalue weighted by atomic mass is 35.5. The Morgan fingerprint density at radius 1 is 1.21 bits per heavy atom. The Balaban J connectivity index is 1.58. The van der Waals surface area contributed by atoms with Gasteiger partial charge in [-0.3, -0.25) is 0 Å². The van der Waals surface area contributed by atoms with Crippen molar-refractivity contribution < 1.29 is 17.4 Å². The lowest BCUT2D eigenvalue weighted by Gasteiger charge is -2.30. The number of benzene rings is 1. The summed E-state index contributed by atoms with van der Waals surface area (Å²) in [5.41, 5.74) is 0.555. The smallest absolute Gasteiger partial charge is 0.243 e. The van der Waals surface area contributed by atoms with Crippen LogP contribution in [0.25, 0.3) is 11.6 Å². The molecule has 3 heterocycles. The van der Waals surface area contributed by atoms with Gasteiger partial charge in [-0.15, -0.1) is 0 Å². The molecular weight excluding hydrogens is 402 g/mol. The lowest BCUT2D eigenvalue weighted by Crippen LogP contribution is -2.39. The highest BCUT2D eigenvalue weighted by Gasteiger charge is 2.34. The molecule has 2 aromatic heterocycles. The zero-order chi connectivity index (χ0) is 19.9. The van der Waals surface area contributed by atoms with E-state index in [-0.39, 0.29) is 17.4 Å². The number of aromatic nitrogens is 2. The maximum atomic E-state index is 13.2. The Morgan fingerprint density at radius 3 is 2.79 bits per heavy atom. The fraction of sp³-hybridized carbons (Fsp3) is 0.368. The van der Waals surface area contributed by atoms with Crippen molar-refractivity contribution in [3.05, 3.63) is 52.6 Å². The molecule has 1 aromatic carbocycles. The van der Waals surface area contributed by atoms with E-state index >= 15 is 0 Å². The van der Waals surface area contributed by atoms with Crippen molar-refractivity contribution in [3.63, 3.8) is 0 Å². The number of aryl methyl sites for hydroxylation is 1. The molecule has 9 heteroatoms. The average molecular weight is 422 g/mol. The molecule has 3 aromatic rings. The van der Waals surface area contributed by atoms with Crippen LogP contribution < -0.4 is 0 Å². The Morgan fingerprint density at radius 2 is 2.04 bits per heavy atom. The number of sulfonamides is 1. The molecule has 0 amide bonds. The van der Waals surface area contributed by atoms with Gasteiger partial charge in [0.2, 0.25) is 21.7 Å². The summed E-state index contributed by atoms with van der Waals surface area (Å²) < 4.78 is 38.7. The van der Waals surface area contributed by atoms with Gasteiger partial charge in [0.25, 0.3) is 0 Å². The minimum Gasteiger partial charge on any atom is -0.458 e. The summed E-state index contributed by atoms with van der Waals surface area (Å²) in [6.45, 7) is 4.29. The summed E-state index contributed by atoms with van der Waals surface area (Å²) in [7, 11) is -3.66. The third kappa shape index (κ3) is 3.47. The molecule has 1 saturated heterocycles. The average Bonchev–Trinajstić information content (AvgIpc) is 3.33. The van der Waals surface area contributed by atoms with E-state index in [1.165, 1.54) is 4.31 Å². The summed E-state index contributed by atoms with van der Waals surface area (Å²) in [4.78, 5) is 4.66. The molecule has 0 unspecified atom stereocenters. The van der Waals surface area contributed by atoms with Gasteiger partial charge in [0, 0.05) is 18.1 Å². The molecule has 0 aliphatic carbocycles. The topological polar surface area (TPSA) is 89.4 Å². The number of hydrogen-bond acceptors (Lipinski definition) is 6. The molecule has 7 nitrogen and oxygen atoms in total. The second-order valence-electron chi connectivity index (χ2n) is 6.93. The predicted molar refractivity (Wildman–Crippen MR) is 104 cm³/mol. The van der Waals surface area contributed by atoms with E-state index in [1.54, 1.807) is 31.2 Å². The fourth-order valence-electron chi connectivity index (χ4n) is 3.42. The van der Waals surface area contributed by atoms with E-state index in [2.05, 4.69) is 10.1 Å². The Kier molecular flexibility index (Phi) is 5.03. The van der Waals surface area contributed by atoms with Crippen LogP contribution in [0.2, 0.25) is 5.02 Å². The third-order valence-electron chi connectivity index (χ3n) is 4.97. The molecule has 0 bridgehead atoms. The highest BCUT2D eigenvalue weighted by Crippen LogP contribution is 2.32. The molecule has 4 rings (SSSR count). The van der Waals surface area contributed by atoms with Gasteiger partial charge in [0.1, 0.15) is 5.76 Å². The van der Waals surface area contributed by atoms with Gasteiger partial charge in [0.05, 0.1) is 10.8 Å². The van der Waals surface area contributed by atoms with Crippen molar-refractivity contribution in [1.82, 2.24) is 14.4 Å². The molecule has 1 aliphatic heterocycles. The summed E-state index contributed by atoms with van der Waals surface area (Å²) >= 11 is 6.12. The number of rotatable bonds is 4. The van der Waals surface area contributed by atoms with E-state index in [0.717, 1.165) is 12.2 Å². The first-order chi connectivity index (χ1) is 13.4. The molecule has 148 valence electrons. The van der Waals surface area contributed by atoms with Crippen LogP contribution in [0.3, 0.4) is 0 Å². The van der Waals surface area contributed by atoms with E-state index in [4.69, 9.17) is 20.5 Å². The number of halogens is 1. The lowest BCUT2D eigenvalue weighted by molar-refractivity contribution is 0.265. The van der Waals surface area contributed by atoms with Crippen molar-refractivity contribution in [2.45, 2.75) is 37.5 Å². The minimum atomic E-state index is -3.66. The summed E-state index contributed by atoms with van der Waals surface area (Å²) in [6.07, 6.45) is 1.49. The van der Waals surface area contributed by atoms with Crippen LogP contribution >= 0.6 is 11.6 Å². The largest absolute Gasteiger partial charge is 0.458 e. The first-order valence-corrected chi connectivity index (χ1v) is 10.8. The van der Waals surface area contributed by atoms with Crippen LogP contribution in [0.4, 0.5) is 0 Å². The second kappa shape index (κ2) is 7.35. The van der Waals surface area contributed by atoms with Crippen molar-refractivity contribution in [2.75, 3.05) is 13.1 Å². The molecular formula is C19H20ClN3O4S. The van der Waals surface area contributed by atoms with Crippen LogP contribution in [-0.2, 0) is 10.0 Å². The van der Waals surface area contributed by atoms with E-state index < -0.39 is 10.0 Å².